The zero-order chi connectivity index (χ0) is 51.4. The fourth-order valence-corrected chi connectivity index (χ4v) is 15.9. The zero-order valence-electron chi connectivity index (χ0n) is 43.2. The number of carbonyl (C=O) groups excluding carboxylic acids is 1. The minimum absolute atomic E-state index is 0.0408. The lowest BCUT2D eigenvalue weighted by Crippen LogP contribution is -2.68. The zero-order valence-corrected chi connectivity index (χ0v) is 43.2. The first-order chi connectivity index (χ1) is 33.3. The molecule has 3 saturated heterocycles. The molecule has 9 N–H and O–H groups in total. The molecule has 3 aliphatic heterocycles. The second-order valence-corrected chi connectivity index (χ2v) is 25.1. The first-order valence-corrected chi connectivity index (χ1v) is 26.5. The highest BCUT2D eigenvalue weighted by Crippen LogP contribution is 2.76. The van der Waals surface area contributed by atoms with Crippen molar-refractivity contribution in [2.75, 3.05) is 6.61 Å². The van der Waals surface area contributed by atoms with E-state index in [0.717, 1.165) is 63.5 Å². The maximum Gasteiger partial charge on any atom is 0.227 e. The fraction of sp³-hybridized carbons (Fsp3) is 0.852. The van der Waals surface area contributed by atoms with E-state index in [4.69, 9.17) is 28.4 Å². The number of hydrogen-bond acceptors (Lipinski definition) is 16. The Kier molecular flexibility index (Phi) is 14.7. The van der Waals surface area contributed by atoms with Crippen LogP contribution in [-0.4, -0.2) is 157 Å². The van der Waals surface area contributed by atoms with Crippen LogP contribution < -0.4 is 5.32 Å². The van der Waals surface area contributed by atoms with Gasteiger partial charge in [-0.25, -0.2) is 0 Å². The second-order valence-electron chi connectivity index (χ2n) is 25.1. The van der Waals surface area contributed by atoms with Crippen molar-refractivity contribution in [1.82, 2.24) is 10.3 Å². The van der Waals surface area contributed by atoms with E-state index in [-0.39, 0.29) is 39.4 Å². The number of pyridine rings is 1. The molecule has 0 bridgehead atoms. The van der Waals surface area contributed by atoms with Crippen LogP contribution >= 0.6 is 0 Å². The van der Waals surface area contributed by atoms with Gasteiger partial charge in [-0.3, -0.25) is 9.78 Å². The van der Waals surface area contributed by atoms with Crippen LogP contribution in [0.5, 0.6) is 0 Å². The topological polar surface area (TPSA) is 259 Å². The molecular formula is C54H84N2O15. The van der Waals surface area contributed by atoms with Crippen LogP contribution in [0, 0.1) is 50.2 Å². The van der Waals surface area contributed by atoms with E-state index in [9.17, 15) is 45.6 Å². The van der Waals surface area contributed by atoms with Crippen molar-refractivity contribution in [1.29, 1.82) is 0 Å². The van der Waals surface area contributed by atoms with Crippen LogP contribution in [0.4, 0.5) is 0 Å². The maximum atomic E-state index is 14.6. The number of rotatable bonds is 10. The van der Waals surface area contributed by atoms with Gasteiger partial charge in [0.15, 0.2) is 18.9 Å². The summed E-state index contributed by atoms with van der Waals surface area (Å²) in [6.45, 7) is 19.5. The number of aliphatic hydroxyl groups is 8. The molecule has 0 spiro atoms. The molecule has 7 fully saturated rings. The number of aromatic nitrogens is 1. The number of allylic oxidation sites excluding steroid dienone is 2. The Bertz CT molecular complexity index is 2100. The van der Waals surface area contributed by atoms with Crippen LogP contribution in [0.3, 0.4) is 0 Å². The SMILES string of the molecule is C[C@@H]1O[C@@H](O[C@H]2[C@H](O[C@H]3CC[C@]4(C)[C@H]5CC=C6[C@@H]7CC(C)(C)CC[C@]7(C(=O)NCc7ccccn7)CC[C@@]6(C)[C@]5(C)CC[C@H]4C3(C)C)O[C@H](CO)[C@@H](O[C@@H]3O[C@@H](C)[C@H](O)[C@@H](O)[C@H]3O)[C@@H]2O)[C@H](O)[C@H](O)[C@H]1O. The van der Waals surface area contributed by atoms with Crippen molar-refractivity contribution in [2.45, 2.75) is 231 Å². The lowest BCUT2D eigenvalue weighted by molar-refractivity contribution is -0.393. The van der Waals surface area contributed by atoms with Crippen LogP contribution in [0.2, 0.25) is 0 Å². The number of nitrogens with one attached hydrogen (secondary N) is 1. The molecule has 17 nitrogen and oxygen atoms in total. The number of carbonyl (C=O) groups is 1. The van der Waals surface area contributed by atoms with Gasteiger partial charge < -0.3 is 74.6 Å². The molecule has 400 valence electrons. The van der Waals surface area contributed by atoms with Crippen LogP contribution in [0.1, 0.15) is 132 Å². The Morgan fingerprint density at radius 3 is 1.96 bits per heavy atom. The third-order valence-electron chi connectivity index (χ3n) is 20.5. The Morgan fingerprint density at radius 1 is 0.704 bits per heavy atom. The number of aliphatic hydroxyl groups excluding tert-OH is 8. The van der Waals surface area contributed by atoms with E-state index in [0.29, 0.717) is 18.9 Å². The number of ether oxygens (including phenoxy) is 6. The summed E-state index contributed by atoms with van der Waals surface area (Å²) in [7, 11) is 0. The van der Waals surface area contributed by atoms with Crippen molar-refractivity contribution >= 4 is 5.91 Å². The summed E-state index contributed by atoms with van der Waals surface area (Å²) in [6.07, 6.45) is -9.04. The molecule has 8 aliphatic rings. The van der Waals surface area contributed by atoms with E-state index in [1.54, 1.807) is 6.20 Å². The number of amides is 1. The minimum Gasteiger partial charge on any atom is -0.394 e. The average Bonchev–Trinajstić information content (AvgIpc) is 3.33. The van der Waals surface area contributed by atoms with Crippen molar-refractivity contribution in [3.63, 3.8) is 0 Å². The normalized spacial score (nSPS) is 50.3. The molecule has 0 aromatic carbocycles. The third-order valence-corrected chi connectivity index (χ3v) is 20.5. The van der Waals surface area contributed by atoms with Gasteiger partial charge in [0.2, 0.25) is 5.91 Å². The van der Waals surface area contributed by atoms with E-state index in [1.807, 2.05) is 18.2 Å². The van der Waals surface area contributed by atoms with Gasteiger partial charge in [-0.1, -0.05) is 66.2 Å². The van der Waals surface area contributed by atoms with Gasteiger partial charge >= 0.3 is 0 Å². The summed E-state index contributed by atoms with van der Waals surface area (Å²) in [5, 5.41) is 90.5. The lowest BCUT2D eigenvalue weighted by atomic mass is 9.33. The van der Waals surface area contributed by atoms with Gasteiger partial charge in [-0.15, -0.1) is 0 Å². The van der Waals surface area contributed by atoms with Crippen LogP contribution in [-0.2, 0) is 39.8 Å². The number of hydrogen-bond donors (Lipinski definition) is 9. The maximum absolute atomic E-state index is 14.6. The first-order valence-electron chi connectivity index (χ1n) is 26.5. The van der Waals surface area contributed by atoms with E-state index in [1.165, 1.54) is 19.4 Å². The Morgan fingerprint density at radius 2 is 1.34 bits per heavy atom. The lowest BCUT2D eigenvalue weighted by Gasteiger charge is -2.71. The standard InChI is InChI=1S/C54H84N2O15/c1-27-36(58)38(60)40(62)45(66-27)70-43-32(26-57)68-47(44(42(43)64)71-46-41(63)39(61)37(59)28(2)67-46)69-35-16-17-51(7)33(50(35,5)6)15-18-53(9)34(51)14-13-30-31-24-49(3,4)19-21-54(31,22-20-52(30,53)8)48(65)56-25-29-12-10-11-23-55-29/h10-13,23,27-28,31-47,57-64H,14-22,24-26H2,1-9H3,(H,56,65)/t27-,28-,31-,32+,33-,34+,35-,36-,37-,38+,39+,40+,41+,42-,43+,44+,45-,46-,47-,51-,52+,53+,54-/m0/s1. The van der Waals surface area contributed by atoms with E-state index >= 15 is 0 Å². The molecule has 17 heteroatoms. The third kappa shape index (κ3) is 8.88. The van der Waals surface area contributed by atoms with Gasteiger partial charge in [0.1, 0.15) is 61.0 Å². The summed E-state index contributed by atoms with van der Waals surface area (Å²) in [5.74, 6) is 0.849. The minimum atomic E-state index is -1.74. The molecule has 5 aliphatic carbocycles. The Balaban J connectivity index is 0.973. The molecule has 1 aromatic rings. The summed E-state index contributed by atoms with van der Waals surface area (Å²) in [6, 6.07) is 5.81. The number of nitrogens with zero attached hydrogens (tertiary/aromatic N) is 1. The molecular weight excluding hydrogens is 917 g/mol. The highest BCUT2D eigenvalue weighted by atomic mass is 16.8. The summed E-state index contributed by atoms with van der Waals surface area (Å²) in [4.78, 5) is 19.1. The molecule has 1 aromatic heterocycles. The molecule has 1 amide bonds. The molecule has 0 radical (unpaired) electrons. The average molecular weight is 1000 g/mol. The van der Waals surface area contributed by atoms with Gasteiger partial charge in [0, 0.05) is 6.20 Å². The van der Waals surface area contributed by atoms with Crippen molar-refractivity contribution in [3.8, 4) is 0 Å². The van der Waals surface area contributed by atoms with Gasteiger partial charge in [0.05, 0.1) is 42.6 Å². The fourth-order valence-electron chi connectivity index (χ4n) is 15.9. The van der Waals surface area contributed by atoms with E-state index < -0.39 is 116 Å². The summed E-state index contributed by atoms with van der Waals surface area (Å²) in [5.41, 5.74) is 1.28. The predicted molar refractivity (Wildman–Crippen MR) is 256 cm³/mol. The second kappa shape index (κ2) is 19.4. The van der Waals surface area contributed by atoms with E-state index in [2.05, 4.69) is 64.8 Å². The Labute approximate surface area is 419 Å². The van der Waals surface area contributed by atoms with Crippen molar-refractivity contribution < 1.29 is 74.1 Å². The molecule has 9 rings (SSSR count). The molecule has 0 unspecified atom stereocenters. The van der Waals surface area contributed by atoms with Gasteiger partial charge in [-0.05, 0) is 135 Å². The summed E-state index contributed by atoms with van der Waals surface area (Å²) >= 11 is 0. The van der Waals surface area contributed by atoms with Crippen molar-refractivity contribution in [3.05, 3.63) is 41.7 Å². The largest absolute Gasteiger partial charge is 0.394 e. The molecule has 4 saturated carbocycles. The molecule has 71 heavy (non-hydrogen) atoms. The van der Waals surface area contributed by atoms with Crippen LogP contribution in [0.15, 0.2) is 36.0 Å². The highest BCUT2D eigenvalue weighted by Gasteiger charge is 2.70. The van der Waals surface area contributed by atoms with Crippen LogP contribution in [0.25, 0.3) is 0 Å². The molecule has 23 atom stereocenters. The summed E-state index contributed by atoms with van der Waals surface area (Å²) < 4.78 is 37.4. The Hall–Kier alpha value is -2.20. The van der Waals surface area contributed by atoms with Gasteiger partial charge in [-0.2, -0.15) is 0 Å². The predicted octanol–water partition coefficient (Wildman–Crippen LogP) is 3.39. The monoisotopic (exact) mass is 1000 g/mol. The van der Waals surface area contributed by atoms with Gasteiger partial charge in [0.25, 0.3) is 0 Å². The quantitative estimate of drug-likeness (QED) is 0.120. The number of fused-ring (bicyclic) bond motifs is 7. The van der Waals surface area contributed by atoms with Crippen molar-refractivity contribution in [2.24, 2.45) is 50.2 Å². The smallest absolute Gasteiger partial charge is 0.227 e. The highest BCUT2D eigenvalue weighted by molar-refractivity contribution is 5.84. The molecule has 4 heterocycles. The first kappa shape index (κ1) is 53.6.